The van der Waals surface area contributed by atoms with E-state index in [0.717, 1.165) is 96.0 Å². The van der Waals surface area contributed by atoms with Crippen LogP contribution in [0.5, 0.6) is 23.0 Å². The zero-order chi connectivity index (χ0) is 51.6. The smallest absolute Gasteiger partial charge is 0.256 e. The predicted octanol–water partition coefficient (Wildman–Crippen LogP) is 15.0. The SMILES string of the molecule is CC(C)c1cc(C(C)C)c(B2c3ccc(N(c4ccccc4)c4ccccc4)cc3Oc3cc4c(cc32)B2c3ccccc3N(c3ccccc3)c3cc(N(c5ccccc5)c5ccccc5)cc(c32)O4)c(C(C)C)c1. The molecule has 3 aliphatic rings. The van der Waals surface area contributed by atoms with Gasteiger partial charge in [-0.2, -0.15) is 0 Å². The molecule has 3 aliphatic heterocycles. The summed E-state index contributed by atoms with van der Waals surface area (Å²) in [6, 6.07) is 83.4. The van der Waals surface area contributed by atoms with Gasteiger partial charge in [-0.1, -0.05) is 180 Å². The number of hydrogen-bond acceptors (Lipinski definition) is 5. The van der Waals surface area contributed by atoms with Crippen LogP contribution in [0, 0.1) is 0 Å². The molecule has 0 atom stereocenters. The maximum atomic E-state index is 7.48. The van der Waals surface area contributed by atoms with E-state index in [1.54, 1.807) is 0 Å². The Hall–Kier alpha value is -8.67. The zero-order valence-corrected chi connectivity index (χ0v) is 44.0. The molecule has 76 heavy (non-hydrogen) atoms. The van der Waals surface area contributed by atoms with E-state index in [0.29, 0.717) is 5.92 Å². The maximum absolute atomic E-state index is 7.48. The molecule has 0 N–H and O–H groups in total. The highest BCUT2D eigenvalue weighted by Crippen LogP contribution is 2.47. The third kappa shape index (κ3) is 8.04. The summed E-state index contributed by atoms with van der Waals surface area (Å²) in [6.45, 7) is 13.8. The summed E-state index contributed by atoms with van der Waals surface area (Å²) in [5.41, 5.74) is 20.9. The lowest BCUT2D eigenvalue weighted by molar-refractivity contribution is 0.466. The fraction of sp³-hybridized carbons (Fsp3) is 0.130. The van der Waals surface area contributed by atoms with Gasteiger partial charge in [0.2, 0.25) is 0 Å². The highest BCUT2D eigenvalue weighted by Gasteiger charge is 2.45. The molecule has 3 heterocycles. The van der Waals surface area contributed by atoms with Crippen molar-refractivity contribution in [3.05, 3.63) is 247 Å². The van der Waals surface area contributed by atoms with Crippen molar-refractivity contribution < 1.29 is 9.47 Å². The van der Waals surface area contributed by atoms with Crippen LogP contribution in [0.1, 0.15) is 76.0 Å². The molecule has 13 rings (SSSR count). The lowest BCUT2D eigenvalue weighted by Gasteiger charge is -2.41. The van der Waals surface area contributed by atoms with Crippen LogP contribution in [0.25, 0.3) is 0 Å². The number of anilines is 9. The van der Waals surface area contributed by atoms with Crippen molar-refractivity contribution in [3.63, 3.8) is 0 Å². The normalized spacial score (nSPS) is 12.8. The first-order valence-corrected chi connectivity index (χ1v) is 27.0. The van der Waals surface area contributed by atoms with Gasteiger partial charge in [0.15, 0.2) is 0 Å². The minimum absolute atomic E-state index is 0.135. The van der Waals surface area contributed by atoms with Crippen LogP contribution in [-0.4, -0.2) is 13.4 Å². The molecule has 0 bridgehead atoms. The van der Waals surface area contributed by atoms with E-state index in [9.17, 15) is 0 Å². The minimum Gasteiger partial charge on any atom is -0.458 e. The Bertz CT molecular complexity index is 3670. The van der Waals surface area contributed by atoms with Gasteiger partial charge in [0.25, 0.3) is 13.4 Å². The van der Waals surface area contributed by atoms with Gasteiger partial charge in [-0.05, 0) is 141 Å². The van der Waals surface area contributed by atoms with Crippen molar-refractivity contribution in [1.82, 2.24) is 0 Å². The van der Waals surface area contributed by atoms with E-state index in [2.05, 4.69) is 287 Å². The van der Waals surface area contributed by atoms with Gasteiger partial charge < -0.3 is 24.2 Å². The first kappa shape index (κ1) is 47.1. The predicted molar refractivity (Wildman–Crippen MR) is 322 cm³/mol. The van der Waals surface area contributed by atoms with Gasteiger partial charge in [0.05, 0.1) is 5.69 Å². The van der Waals surface area contributed by atoms with E-state index in [4.69, 9.17) is 9.47 Å². The number of nitrogens with zero attached hydrogens (tertiary/aromatic N) is 3. The molecule has 0 unspecified atom stereocenters. The number of benzene rings is 10. The number of para-hydroxylation sites is 6. The van der Waals surface area contributed by atoms with Crippen LogP contribution in [-0.2, 0) is 0 Å². The fourth-order valence-corrected chi connectivity index (χ4v) is 12.2. The number of ether oxygens (including phenoxy) is 2. The van der Waals surface area contributed by atoms with Crippen LogP contribution in [0.4, 0.5) is 51.2 Å². The standard InChI is InChI=1S/C69H59B2N3O2/c1-45(2)48-38-56(46(3)4)68(57(39-48)47(5)6)71-59-37-36-54(72(49-24-12-7-13-25-49)50-26-14-8-15-27-50)41-64(59)75-65-44-66-60(43-61(65)71)70-58-34-22-23-35-62(58)74(53-32-20-11-21-33-53)63-40-55(42-67(76-66)69(63)70)73(51-28-16-9-17-29-51)52-30-18-10-19-31-52/h7-47H,1-6H3. The lowest BCUT2D eigenvalue weighted by Crippen LogP contribution is -2.62. The van der Waals surface area contributed by atoms with E-state index >= 15 is 0 Å². The number of hydrogen-bond donors (Lipinski definition) is 0. The average Bonchev–Trinajstić information content (AvgIpc) is 3.64. The van der Waals surface area contributed by atoms with Gasteiger partial charge in [0, 0.05) is 63.7 Å². The van der Waals surface area contributed by atoms with Crippen molar-refractivity contribution in [1.29, 1.82) is 0 Å². The maximum Gasteiger partial charge on any atom is 0.256 e. The molecule has 368 valence electrons. The van der Waals surface area contributed by atoms with Gasteiger partial charge >= 0.3 is 0 Å². The van der Waals surface area contributed by atoms with Crippen molar-refractivity contribution in [3.8, 4) is 23.0 Å². The van der Waals surface area contributed by atoms with Crippen LogP contribution in [0.15, 0.2) is 231 Å². The van der Waals surface area contributed by atoms with Crippen LogP contribution in [0.2, 0.25) is 0 Å². The topological polar surface area (TPSA) is 28.2 Å². The molecule has 10 aromatic rings. The van der Waals surface area contributed by atoms with E-state index in [1.807, 2.05) is 0 Å². The summed E-state index contributed by atoms with van der Waals surface area (Å²) in [7, 11) is 0. The molecule has 7 heteroatoms. The van der Waals surface area contributed by atoms with Crippen molar-refractivity contribution >= 4 is 97.4 Å². The van der Waals surface area contributed by atoms with E-state index < -0.39 is 0 Å². The van der Waals surface area contributed by atoms with E-state index in [-0.39, 0.29) is 25.3 Å². The molecule has 0 aromatic heterocycles. The van der Waals surface area contributed by atoms with Gasteiger partial charge in [-0.25, -0.2) is 0 Å². The van der Waals surface area contributed by atoms with Crippen LogP contribution in [0.3, 0.4) is 0 Å². The summed E-state index contributed by atoms with van der Waals surface area (Å²) >= 11 is 0. The van der Waals surface area contributed by atoms with Crippen molar-refractivity contribution in [2.75, 3.05) is 14.7 Å². The first-order valence-electron chi connectivity index (χ1n) is 27.0. The minimum atomic E-state index is -0.140. The summed E-state index contributed by atoms with van der Waals surface area (Å²) < 4.78 is 14.9. The fourth-order valence-electron chi connectivity index (χ4n) is 12.2. The van der Waals surface area contributed by atoms with Crippen LogP contribution < -0.4 is 57.0 Å². The summed E-state index contributed by atoms with van der Waals surface area (Å²) in [5.74, 6) is 4.20. The highest BCUT2D eigenvalue weighted by molar-refractivity contribution is 7.01. The molecule has 0 saturated heterocycles. The molecule has 0 saturated carbocycles. The Balaban J connectivity index is 1.06. The largest absolute Gasteiger partial charge is 0.458 e. The molecule has 0 aliphatic carbocycles. The quantitative estimate of drug-likeness (QED) is 0.120. The summed E-state index contributed by atoms with van der Waals surface area (Å²) in [4.78, 5) is 7.09. The molecule has 5 nitrogen and oxygen atoms in total. The monoisotopic (exact) mass is 983 g/mol. The molecule has 0 fully saturated rings. The Labute approximate surface area is 448 Å². The lowest BCUT2D eigenvalue weighted by atomic mass is 9.31. The van der Waals surface area contributed by atoms with Crippen molar-refractivity contribution in [2.45, 2.75) is 59.3 Å². The Morgan fingerprint density at radius 3 is 1.30 bits per heavy atom. The average molecular weight is 984 g/mol. The Morgan fingerprint density at radius 1 is 0.329 bits per heavy atom. The van der Waals surface area contributed by atoms with E-state index in [1.165, 1.54) is 27.6 Å². The molecule has 0 radical (unpaired) electrons. The van der Waals surface area contributed by atoms with Crippen molar-refractivity contribution in [2.24, 2.45) is 0 Å². The zero-order valence-electron chi connectivity index (χ0n) is 44.0. The number of fused-ring (bicyclic) bond motifs is 6. The third-order valence-corrected chi connectivity index (χ3v) is 15.7. The third-order valence-electron chi connectivity index (χ3n) is 15.7. The number of rotatable bonds is 11. The Morgan fingerprint density at radius 2 is 0.776 bits per heavy atom. The first-order chi connectivity index (χ1) is 37.2. The van der Waals surface area contributed by atoms with Gasteiger partial charge in [-0.3, -0.25) is 0 Å². The second kappa shape index (κ2) is 19.2. The molecule has 10 aromatic carbocycles. The molecule has 0 spiro atoms. The van der Waals surface area contributed by atoms with Gasteiger partial charge in [0.1, 0.15) is 23.0 Å². The van der Waals surface area contributed by atoms with Crippen LogP contribution >= 0.6 is 0 Å². The molecule has 0 amide bonds. The second-order valence-electron chi connectivity index (χ2n) is 21.4. The Kier molecular flexibility index (Phi) is 11.9. The summed E-state index contributed by atoms with van der Waals surface area (Å²) in [6.07, 6.45) is 0. The second-order valence-corrected chi connectivity index (χ2v) is 21.4. The summed E-state index contributed by atoms with van der Waals surface area (Å²) in [5, 5.41) is 0. The highest BCUT2D eigenvalue weighted by atomic mass is 16.5. The molecular weight excluding hydrogens is 924 g/mol. The van der Waals surface area contributed by atoms with Gasteiger partial charge in [-0.15, -0.1) is 0 Å². The molecular formula is C69H59B2N3O2.